The summed E-state index contributed by atoms with van der Waals surface area (Å²) in [4.78, 5) is 46.5. The molecule has 0 spiro atoms. The largest absolute Gasteiger partial charge is 0.481 e. The van der Waals surface area contributed by atoms with Gasteiger partial charge in [-0.3, -0.25) is 14.4 Å². The van der Waals surface area contributed by atoms with Crippen molar-refractivity contribution in [2.24, 2.45) is 10.6 Å². The molecule has 31 heavy (non-hydrogen) atoms. The van der Waals surface area contributed by atoms with Gasteiger partial charge in [-0.1, -0.05) is 11.2 Å². The minimum atomic E-state index is -4.68. The zero-order valence-corrected chi connectivity index (χ0v) is 17.4. The van der Waals surface area contributed by atoms with E-state index >= 15 is 0 Å². The molecule has 3 rings (SSSR count). The van der Waals surface area contributed by atoms with E-state index in [-0.39, 0.29) is 28.4 Å². The predicted octanol–water partition coefficient (Wildman–Crippen LogP) is 0.665. The third-order valence-electron chi connectivity index (χ3n) is 4.57. The molecule has 2 unspecified atom stereocenters. The number of allylic oxidation sites excluding steroid dienone is 1. The van der Waals surface area contributed by atoms with Gasteiger partial charge in [-0.25, -0.2) is 4.98 Å². The van der Waals surface area contributed by atoms with E-state index in [1.165, 1.54) is 12.5 Å². The molecule has 3 heterocycles. The zero-order valence-electron chi connectivity index (χ0n) is 15.8. The fourth-order valence-corrected chi connectivity index (χ4v) is 5.11. The lowest BCUT2D eigenvalue weighted by atomic mass is 9.86. The molecule has 10 nitrogen and oxygen atoms in total. The van der Waals surface area contributed by atoms with Crippen LogP contribution in [-0.4, -0.2) is 75.5 Å². The fourth-order valence-electron chi connectivity index (χ4n) is 3.05. The maximum atomic E-state index is 12.6. The quantitative estimate of drug-likeness (QED) is 0.233. The third kappa shape index (κ3) is 4.61. The van der Waals surface area contributed by atoms with E-state index in [2.05, 4.69) is 20.3 Å². The van der Waals surface area contributed by atoms with Crippen LogP contribution >= 0.6 is 23.1 Å². The molecule has 2 amide bonds. The maximum Gasteiger partial charge on any atom is 0.409 e. The third-order valence-corrected chi connectivity index (χ3v) is 6.80. The van der Waals surface area contributed by atoms with Crippen molar-refractivity contribution < 1.29 is 37.5 Å². The number of β-lactam (4-membered cyclic amide) rings is 1. The first-order chi connectivity index (χ1) is 14.5. The van der Waals surface area contributed by atoms with Crippen molar-refractivity contribution in [1.29, 1.82) is 0 Å². The summed E-state index contributed by atoms with van der Waals surface area (Å²) in [5.74, 6) is -3.07. The Labute approximate surface area is 181 Å². The van der Waals surface area contributed by atoms with Crippen LogP contribution in [0.1, 0.15) is 5.69 Å². The van der Waals surface area contributed by atoms with Gasteiger partial charge in [-0.2, -0.15) is 13.2 Å². The number of hydrogen-bond donors (Lipinski definition) is 3. The maximum absolute atomic E-state index is 12.6. The normalized spacial score (nSPS) is 26.4. The Bertz CT molecular complexity index is 966. The number of carboxylic acid groups (broad SMARTS) is 1. The van der Waals surface area contributed by atoms with Gasteiger partial charge in [0, 0.05) is 23.8 Å². The van der Waals surface area contributed by atoms with Gasteiger partial charge in [0.1, 0.15) is 29.6 Å². The van der Waals surface area contributed by atoms with E-state index < -0.39 is 47.3 Å². The number of thiazole rings is 1. The highest BCUT2D eigenvalue weighted by Gasteiger charge is 2.57. The summed E-state index contributed by atoms with van der Waals surface area (Å²) in [5.41, 5.74) is 3.60. The van der Waals surface area contributed by atoms with Crippen LogP contribution in [-0.2, 0) is 19.2 Å². The van der Waals surface area contributed by atoms with Gasteiger partial charge in [-0.05, 0) is 0 Å². The Balaban J connectivity index is 1.72. The highest BCUT2D eigenvalue weighted by atomic mass is 32.2. The van der Waals surface area contributed by atoms with Crippen molar-refractivity contribution in [3.8, 4) is 0 Å². The van der Waals surface area contributed by atoms with Crippen LogP contribution in [0, 0.1) is 5.41 Å². The van der Waals surface area contributed by atoms with E-state index in [0.29, 0.717) is 6.08 Å². The topological polar surface area (TPSA) is 147 Å². The van der Waals surface area contributed by atoms with Crippen LogP contribution in [0.2, 0.25) is 0 Å². The summed E-state index contributed by atoms with van der Waals surface area (Å²) < 4.78 is 37.6. The lowest BCUT2D eigenvalue weighted by molar-refractivity contribution is -0.156. The first-order valence-electron chi connectivity index (χ1n) is 8.53. The first-order valence-corrected chi connectivity index (χ1v) is 10.5. The molecule has 4 N–H and O–H groups in total. The highest BCUT2D eigenvalue weighted by Crippen LogP contribution is 2.43. The van der Waals surface area contributed by atoms with Gasteiger partial charge >= 0.3 is 12.1 Å². The molecule has 0 saturated carbocycles. The number of nitrogens with one attached hydrogen (secondary N) is 1. The monoisotopic (exact) mass is 479 g/mol. The Morgan fingerprint density at radius 3 is 2.77 bits per heavy atom. The SMILES string of the molecule is CON=C(C(=O)NC1C(=O)N2CC(C=CC(F)(F)F)(C(=O)O)CS[C@H]12)c1csc(N)n1. The van der Waals surface area contributed by atoms with Crippen molar-refractivity contribution >= 4 is 51.7 Å². The molecular weight excluding hydrogens is 463 g/mol. The minimum Gasteiger partial charge on any atom is -0.481 e. The van der Waals surface area contributed by atoms with Crippen LogP contribution in [0.25, 0.3) is 0 Å². The number of fused-ring (bicyclic) bond motifs is 1. The summed E-state index contributed by atoms with van der Waals surface area (Å²) in [7, 11) is 1.22. The first kappa shape index (κ1) is 22.9. The number of halogens is 3. The minimum absolute atomic E-state index is 0.140. The highest BCUT2D eigenvalue weighted by molar-refractivity contribution is 8.00. The number of carboxylic acids is 1. The molecule has 2 aliphatic rings. The van der Waals surface area contributed by atoms with Gasteiger partial charge in [0.25, 0.3) is 5.91 Å². The molecule has 3 atom stereocenters. The number of thioether (sulfide) groups is 1. The fraction of sp³-hybridized carbons (Fsp3) is 0.438. The molecule has 1 aromatic heterocycles. The number of alkyl halides is 3. The Hall–Kier alpha value is -2.81. The number of amides is 2. The summed E-state index contributed by atoms with van der Waals surface area (Å²) in [5, 5.41) is 16.6. The number of aromatic nitrogens is 1. The van der Waals surface area contributed by atoms with Crippen LogP contribution in [0.15, 0.2) is 22.7 Å². The van der Waals surface area contributed by atoms with Gasteiger partial charge in [-0.15, -0.1) is 23.1 Å². The average Bonchev–Trinajstić information content (AvgIpc) is 3.13. The van der Waals surface area contributed by atoms with Crippen LogP contribution < -0.4 is 11.1 Å². The molecule has 1 aromatic rings. The number of hydrogen-bond acceptors (Lipinski definition) is 9. The molecule has 2 aliphatic heterocycles. The van der Waals surface area contributed by atoms with Crippen molar-refractivity contribution in [2.75, 3.05) is 25.1 Å². The molecule has 15 heteroatoms. The lowest BCUT2D eigenvalue weighted by Gasteiger charge is -2.53. The summed E-state index contributed by atoms with van der Waals surface area (Å²) in [6.07, 6.45) is -4.26. The van der Waals surface area contributed by atoms with E-state index in [9.17, 15) is 32.7 Å². The summed E-state index contributed by atoms with van der Waals surface area (Å²) in [6, 6.07) is -1.01. The lowest BCUT2D eigenvalue weighted by Crippen LogP contribution is -2.73. The van der Waals surface area contributed by atoms with Crippen molar-refractivity contribution in [2.45, 2.75) is 17.6 Å². The van der Waals surface area contributed by atoms with E-state index in [1.54, 1.807) is 0 Å². The van der Waals surface area contributed by atoms with Crippen LogP contribution in [0.4, 0.5) is 18.3 Å². The molecule has 2 fully saturated rings. The number of nitrogen functional groups attached to an aromatic ring is 1. The van der Waals surface area contributed by atoms with Gasteiger partial charge < -0.3 is 25.9 Å². The standard InChI is InChI=1S/C16H16F3N5O5S2/c1-29-23-8(7-4-30-14(20)21-7)10(25)22-9-11(26)24-5-15(13(27)28,6-31-12(9)24)2-3-16(17,18)19/h2-4,9,12H,5-6H2,1H3,(H2,20,21)(H,22,25)(H,27,28)/t9?,12-,15?/m1/s1. The van der Waals surface area contributed by atoms with E-state index in [1.807, 2.05) is 0 Å². The van der Waals surface area contributed by atoms with Crippen LogP contribution in [0.3, 0.4) is 0 Å². The van der Waals surface area contributed by atoms with Gasteiger partial charge in [0.15, 0.2) is 10.8 Å². The molecule has 0 aromatic carbocycles. The van der Waals surface area contributed by atoms with Crippen molar-refractivity contribution in [3.63, 3.8) is 0 Å². The smallest absolute Gasteiger partial charge is 0.409 e. The number of nitrogens with zero attached hydrogens (tertiary/aromatic N) is 3. The molecule has 0 aliphatic carbocycles. The average molecular weight is 479 g/mol. The second-order valence-corrected chi connectivity index (χ2v) is 8.64. The van der Waals surface area contributed by atoms with Gasteiger partial charge in [0.05, 0.1) is 0 Å². The molecule has 2 saturated heterocycles. The predicted molar refractivity (Wildman–Crippen MR) is 105 cm³/mol. The van der Waals surface area contributed by atoms with E-state index in [0.717, 1.165) is 28.0 Å². The van der Waals surface area contributed by atoms with Gasteiger partial charge in [0.2, 0.25) is 5.91 Å². The molecule has 0 radical (unpaired) electrons. The van der Waals surface area contributed by atoms with Crippen molar-refractivity contribution in [3.05, 3.63) is 23.2 Å². The Morgan fingerprint density at radius 2 is 2.23 bits per heavy atom. The molecule has 0 bridgehead atoms. The number of oxime groups is 1. The summed E-state index contributed by atoms with van der Waals surface area (Å²) in [6.45, 7) is -0.445. The van der Waals surface area contributed by atoms with E-state index in [4.69, 9.17) is 5.73 Å². The second kappa shape index (κ2) is 8.37. The Kier molecular flexibility index (Phi) is 6.18. The van der Waals surface area contributed by atoms with Crippen molar-refractivity contribution in [1.82, 2.24) is 15.2 Å². The molecular formula is C16H16F3N5O5S2. The Morgan fingerprint density at radius 1 is 1.52 bits per heavy atom. The molecule has 168 valence electrons. The summed E-state index contributed by atoms with van der Waals surface area (Å²) >= 11 is 2.03. The second-order valence-electron chi connectivity index (χ2n) is 6.65. The number of rotatable bonds is 6. The van der Waals surface area contributed by atoms with Crippen LogP contribution in [0.5, 0.6) is 0 Å². The number of anilines is 1. The number of carbonyl (C=O) groups excluding carboxylic acids is 2. The number of nitrogens with two attached hydrogens (primary N) is 1. The number of aliphatic carboxylic acids is 1. The number of carbonyl (C=O) groups is 3. The zero-order chi connectivity index (χ0) is 23.0.